The number of benzene rings is 2. The van der Waals surface area contributed by atoms with Crippen LogP contribution in [0.15, 0.2) is 48.5 Å². The number of ether oxygens (including phenoxy) is 2. The molecule has 4 rings (SSSR count). The quantitative estimate of drug-likeness (QED) is 0.304. The average Bonchev–Trinajstić information content (AvgIpc) is 2.88. The lowest BCUT2D eigenvalue weighted by Gasteiger charge is -2.32. The van der Waals surface area contributed by atoms with Crippen molar-refractivity contribution in [3.8, 4) is 11.5 Å². The van der Waals surface area contributed by atoms with Crippen molar-refractivity contribution in [2.75, 3.05) is 0 Å². The molecule has 0 bridgehead atoms. The van der Waals surface area contributed by atoms with E-state index in [2.05, 4.69) is 11.7 Å². The summed E-state index contributed by atoms with van der Waals surface area (Å²) in [7, 11) is 0. The maximum atomic E-state index is 14.7. The molecule has 0 saturated heterocycles. The fourth-order valence-electron chi connectivity index (χ4n) is 6.05. The van der Waals surface area contributed by atoms with Crippen LogP contribution in [0.5, 0.6) is 11.5 Å². The molecule has 0 spiro atoms. The van der Waals surface area contributed by atoms with Gasteiger partial charge in [0.05, 0.1) is 5.56 Å². The van der Waals surface area contributed by atoms with Gasteiger partial charge in [-0.25, -0.2) is 0 Å². The third-order valence-electron chi connectivity index (χ3n) is 8.40. The van der Waals surface area contributed by atoms with Crippen LogP contribution in [0.2, 0.25) is 0 Å². The first kappa shape index (κ1) is 27.7. The van der Waals surface area contributed by atoms with Crippen LogP contribution < -0.4 is 9.47 Å². The van der Waals surface area contributed by atoms with Gasteiger partial charge in [-0.1, -0.05) is 64.0 Å². The minimum atomic E-state index is -4.85. The van der Waals surface area contributed by atoms with Crippen molar-refractivity contribution in [1.82, 2.24) is 0 Å². The van der Waals surface area contributed by atoms with Crippen molar-refractivity contribution in [3.05, 3.63) is 59.7 Å². The van der Waals surface area contributed by atoms with Crippen molar-refractivity contribution in [2.24, 2.45) is 17.8 Å². The Balaban J connectivity index is 1.24. The number of halogens is 5. The molecule has 2 aromatic rings. The van der Waals surface area contributed by atoms with Gasteiger partial charge in [-0.05, 0) is 91.3 Å². The summed E-state index contributed by atoms with van der Waals surface area (Å²) in [4.78, 5) is 0. The molecule has 0 atom stereocenters. The summed E-state index contributed by atoms with van der Waals surface area (Å²) in [6.45, 7) is 2.30. The molecule has 2 aliphatic carbocycles. The van der Waals surface area contributed by atoms with E-state index in [9.17, 15) is 22.0 Å². The van der Waals surface area contributed by atoms with Crippen LogP contribution in [-0.4, -0.2) is 6.36 Å². The van der Waals surface area contributed by atoms with Crippen LogP contribution in [0.4, 0.5) is 22.0 Å². The molecule has 7 heteroatoms. The lowest BCUT2D eigenvalue weighted by molar-refractivity contribution is -0.274. The summed E-state index contributed by atoms with van der Waals surface area (Å²) < 4.78 is 74.7. The van der Waals surface area contributed by atoms with Crippen molar-refractivity contribution in [2.45, 2.75) is 95.9 Å². The maximum absolute atomic E-state index is 14.7. The highest BCUT2D eigenvalue weighted by atomic mass is 19.4. The minimum absolute atomic E-state index is 0.250. The van der Waals surface area contributed by atoms with Crippen molar-refractivity contribution in [3.63, 3.8) is 0 Å². The third-order valence-corrected chi connectivity index (χ3v) is 8.40. The molecule has 0 N–H and O–H groups in total. The van der Waals surface area contributed by atoms with Gasteiger partial charge in [-0.2, -0.15) is 8.78 Å². The molecule has 2 saturated carbocycles. The SMILES string of the molecule is CC[C@H]1CC[C@H](CCC2CCC(c3ccc(C(F)(F)Oc4ccc(OC(F)(F)F)cc4)cc3)CC2)CC1. The van der Waals surface area contributed by atoms with Gasteiger partial charge in [0.1, 0.15) is 11.5 Å². The summed E-state index contributed by atoms with van der Waals surface area (Å²) in [6, 6.07) is 10.2. The standard InChI is InChI=1S/C30H37F5O2/c1-2-21-3-5-22(6-4-21)7-8-23-9-11-24(12-10-23)25-13-15-26(16-14-25)29(31,32)36-27-17-19-28(20-18-27)37-30(33,34)35/h13-24H,2-12H2,1H3/t21-,22-,23?,24?. The molecule has 0 radical (unpaired) electrons. The Kier molecular flexibility index (Phi) is 9.02. The van der Waals surface area contributed by atoms with Crippen molar-refractivity contribution in [1.29, 1.82) is 0 Å². The number of alkyl halides is 5. The Morgan fingerprint density at radius 2 is 1.08 bits per heavy atom. The van der Waals surface area contributed by atoms with Gasteiger partial charge in [0.25, 0.3) is 0 Å². The predicted molar refractivity (Wildman–Crippen MR) is 134 cm³/mol. The van der Waals surface area contributed by atoms with Crippen LogP contribution in [0.25, 0.3) is 0 Å². The second-order valence-corrected chi connectivity index (χ2v) is 10.9. The van der Waals surface area contributed by atoms with Crippen LogP contribution in [0.3, 0.4) is 0 Å². The molecule has 0 heterocycles. The summed E-state index contributed by atoms with van der Waals surface area (Å²) in [5.74, 6) is 2.27. The normalized spacial score (nSPS) is 25.0. The third kappa shape index (κ3) is 8.08. The molecule has 2 aromatic carbocycles. The van der Waals surface area contributed by atoms with Crippen LogP contribution in [-0.2, 0) is 6.11 Å². The zero-order valence-electron chi connectivity index (χ0n) is 21.4. The fraction of sp³-hybridized carbons (Fsp3) is 0.600. The highest BCUT2D eigenvalue weighted by Crippen LogP contribution is 2.41. The van der Waals surface area contributed by atoms with Crippen LogP contribution >= 0.6 is 0 Å². The Morgan fingerprint density at radius 3 is 1.57 bits per heavy atom. The Hall–Kier alpha value is -2.31. The van der Waals surface area contributed by atoms with Gasteiger partial charge in [0.15, 0.2) is 0 Å². The van der Waals surface area contributed by atoms with Crippen molar-refractivity contribution >= 4 is 0 Å². The summed E-state index contributed by atoms with van der Waals surface area (Å²) in [5.41, 5.74) is 0.780. The molecule has 0 unspecified atom stereocenters. The van der Waals surface area contributed by atoms with Gasteiger partial charge in [0, 0.05) is 0 Å². The van der Waals surface area contributed by atoms with E-state index in [0.29, 0.717) is 5.92 Å². The lowest BCUT2D eigenvalue weighted by atomic mass is 9.74. The number of hydrogen-bond donors (Lipinski definition) is 0. The van der Waals surface area contributed by atoms with E-state index in [1.54, 1.807) is 12.1 Å². The van der Waals surface area contributed by atoms with Gasteiger partial charge >= 0.3 is 12.5 Å². The van der Waals surface area contributed by atoms with E-state index in [1.165, 1.54) is 69.9 Å². The van der Waals surface area contributed by atoms with Crippen LogP contribution in [0.1, 0.15) is 94.6 Å². The van der Waals surface area contributed by atoms with E-state index in [1.807, 2.05) is 0 Å². The molecule has 204 valence electrons. The Morgan fingerprint density at radius 1 is 0.622 bits per heavy atom. The molecule has 0 amide bonds. The molecule has 0 aromatic heterocycles. The van der Waals surface area contributed by atoms with Gasteiger partial charge in [-0.15, -0.1) is 13.2 Å². The van der Waals surface area contributed by atoms with Gasteiger partial charge in [0.2, 0.25) is 0 Å². The zero-order chi connectivity index (χ0) is 26.5. The molecular formula is C30H37F5O2. The molecule has 2 fully saturated rings. The second-order valence-electron chi connectivity index (χ2n) is 10.9. The fourth-order valence-corrected chi connectivity index (χ4v) is 6.05. The first-order valence-corrected chi connectivity index (χ1v) is 13.6. The van der Waals surface area contributed by atoms with Crippen LogP contribution in [0, 0.1) is 17.8 Å². The Bertz CT molecular complexity index is 955. The molecule has 0 aliphatic heterocycles. The second kappa shape index (κ2) is 12.0. The highest BCUT2D eigenvalue weighted by Gasteiger charge is 2.35. The van der Waals surface area contributed by atoms with E-state index >= 15 is 0 Å². The minimum Gasteiger partial charge on any atom is -0.429 e. The monoisotopic (exact) mass is 524 g/mol. The van der Waals surface area contributed by atoms with Crippen molar-refractivity contribution < 1.29 is 31.4 Å². The smallest absolute Gasteiger partial charge is 0.429 e. The lowest BCUT2D eigenvalue weighted by Crippen LogP contribution is -2.22. The Labute approximate surface area is 216 Å². The van der Waals surface area contributed by atoms with E-state index < -0.39 is 18.2 Å². The number of hydrogen-bond acceptors (Lipinski definition) is 2. The maximum Gasteiger partial charge on any atom is 0.573 e. The summed E-state index contributed by atoms with van der Waals surface area (Å²) in [6.07, 6.45) is 5.70. The highest BCUT2D eigenvalue weighted by molar-refractivity contribution is 5.33. The topological polar surface area (TPSA) is 18.5 Å². The molecule has 2 nitrogen and oxygen atoms in total. The van der Waals surface area contributed by atoms with E-state index in [-0.39, 0.29) is 11.3 Å². The van der Waals surface area contributed by atoms with E-state index in [4.69, 9.17) is 4.74 Å². The number of rotatable bonds is 9. The zero-order valence-corrected chi connectivity index (χ0v) is 21.4. The molecule has 2 aliphatic rings. The van der Waals surface area contributed by atoms with E-state index in [0.717, 1.165) is 60.4 Å². The predicted octanol–water partition coefficient (Wildman–Crippen LogP) is 9.98. The summed E-state index contributed by atoms with van der Waals surface area (Å²) >= 11 is 0. The average molecular weight is 525 g/mol. The van der Waals surface area contributed by atoms with Gasteiger partial charge in [-0.3, -0.25) is 0 Å². The summed E-state index contributed by atoms with van der Waals surface area (Å²) in [5, 5.41) is 0. The first-order valence-electron chi connectivity index (χ1n) is 13.6. The molecule has 37 heavy (non-hydrogen) atoms. The first-order chi connectivity index (χ1) is 17.6. The van der Waals surface area contributed by atoms with Gasteiger partial charge < -0.3 is 9.47 Å². The molecular weight excluding hydrogens is 487 g/mol. The largest absolute Gasteiger partial charge is 0.573 e.